The number of hydrogen-bond acceptors (Lipinski definition) is 4. The molecule has 2 aromatic rings. The molecule has 1 fully saturated rings. The van der Waals surface area contributed by atoms with E-state index in [1.807, 2.05) is 44.2 Å². The Morgan fingerprint density at radius 1 is 1.26 bits per heavy atom. The molecule has 120 valence electrons. The number of hydrogen-bond donors (Lipinski definition) is 1. The lowest BCUT2D eigenvalue weighted by Crippen LogP contribution is -2.43. The lowest BCUT2D eigenvalue weighted by Gasteiger charge is -2.23. The van der Waals surface area contributed by atoms with Gasteiger partial charge < -0.3 is 10.2 Å². The summed E-state index contributed by atoms with van der Waals surface area (Å²) >= 11 is 1.39. The molecule has 1 aliphatic heterocycles. The molecule has 0 bridgehead atoms. The summed E-state index contributed by atoms with van der Waals surface area (Å²) in [4.78, 5) is 31.9. The van der Waals surface area contributed by atoms with Crippen molar-refractivity contribution in [3.05, 3.63) is 45.9 Å². The lowest BCUT2D eigenvalue weighted by atomic mass is 10.2. The van der Waals surface area contributed by atoms with E-state index in [-0.39, 0.29) is 11.8 Å². The fourth-order valence-electron chi connectivity index (χ4n) is 2.89. The minimum absolute atomic E-state index is 0.0844. The van der Waals surface area contributed by atoms with Crippen molar-refractivity contribution < 1.29 is 9.59 Å². The molecule has 1 saturated heterocycles. The van der Waals surface area contributed by atoms with Gasteiger partial charge in [-0.15, -0.1) is 11.3 Å². The Balaban J connectivity index is 1.76. The molecule has 1 aromatic carbocycles. The van der Waals surface area contributed by atoms with Crippen LogP contribution in [0.1, 0.15) is 33.2 Å². The van der Waals surface area contributed by atoms with Crippen molar-refractivity contribution in [3.63, 3.8) is 0 Å². The van der Waals surface area contributed by atoms with Crippen LogP contribution < -0.4 is 5.32 Å². The van der Waals surface area contributed by atoms with Gasteiger partial charge in [-0.1, -0.05) is 18.2 Å². The van der Waals surface area contributed by atoms with Crippen molar-refractivity contribution >= 4 is 28.8 Å². The Bertz CT molecular complexity index is 727. The fourth-order valence-corrected chi connectivity index (χ4v) is 3.77. The van der Waals surface area contributed by atoms with Crippen LogP contribution in [0, 0.1) is 13.8 Å². The quantitative estimate of drug-likeness (QED) is 0.941. The summed E-state index contributed by atoms with van der Waals surface area (Å²) in [6, 6.07) is 8.92. The van der Waals surface area contributed by atoms with Crippen molar-refractivity contribution in [1.82, 2.24) is 9.88 Å². The van der Waals surface area contributed by atoms with Crippen LogP contribution in [0.15, 0.2) is 30.3 Å². The molecular weight excluding hydrogens is 310 g/mol. The molecule has 5 nitrogen and oxygen atoms in total. The molecular formula is C17H19N3O2S. The van der Waals surface area contributed by atoms with E-state index in [4.69, 9.17) is 0 Å². The second kappa shape index (κ2) is 6.50. The maximum Gasteiger partial charge on any atom is 0.266 e. The highest BCUT2D eigenvalue weighted by atomic mass is 32.1. The molecule has 1 aliphatic rings. The van der Waals surface area contributed by atoms with Crippen LogP contribution in [0.4, 0.5) is 5.69 Å². The number of thiazole rings is 1. The van der Waals surface area contributed by atoms with Gasteiger partial charge in [0.25, 0.3) is 5.91 Å². The minimum Gasteiger partial charge on any atom is -0.326 e. The van der Waals surface area contributed by atoms with Crippen molar-refractivity contribution in [3.8, 4) is 0 Å². The second-order valence-corrected chi connectivity index (χ2v) is 6.86. The molecule has 3 rings (SSSR count). The number of benzene rings is 1. The topological polar surface area (TPSA) is 62.3 Å². The molecule has 0 unspecified atom stereocenters. The van der Waals surface area contributed by atoms with E-state index in [1.54, 1.807) is 4.90 Å². The van der Waals surface area contributed by atoms with E-state index in [1.165, 1.54) is 11.3 Å². The smallest absolute Gasteiger partial charge is 0.266 e. The zero-order valence-corrected chi connectivity index (χ0v) is 14.0. The predicted molar refractivity (Wildman–Crippen MR) is 90.7 cm³/mol. The van der Waals surface area contributed by atoms with E-state index >= 15 is 0 Å². The fraction of sp³-hybridized carbons (Fsp3) is 0.353. The molecule has 0 radical (unpaired) electrons. The first-order valence-corrected chi connectivity index (χ1v) is 8.49. The van der Waals surface area contributed by atoms with Crippen LogP contribution in [-0.2, 0) is 4.79 Å². The van der Waals surface area contributed by atoms with E-state index in [0.29, 0.717) is 17.8 Å². The largest absolute Gasteiger partial charge is 0.326 e. The third-order valence-corrected chi connectivity index (χ3v) is 5.02. The second-order valence-electron chi connectivity index (χ2n) is 5.66. The van der Waals surface area contributed by atoms with Gasteiger partial charge in [0.15, 0.2) is 0 Å². The summed E-state index contributed by atoms with van der Waals surface area (Å²) in [6.07, 6.45) is 1.54. The van der Waals surface area contributed by atoms with Gasteiger partial charge >= 0.3 is 0 Å². The first-order valence-electron chi connectivity index (χ1n) is 7.67. The molecule has 23 heavy (non-hydrogen) atoms. The third kappa shape index (κ3) is 3.27. The maximum absolute atomic E-state index is 12.8. The van der Waals surface area contributed by atoms with Crippen molar-refractivity contribution in [2.75, 3.05) is 11.9 Å². The van der Waals surface area contributed by atoms with E-state index < -0.39 is 6.04 Å². The molecule has 6 heteroatoms. The zero-order chi connectivity index (χ0) is 16.4. The summed E-state index contributed by atoms with van der Waals surface area (Å²) in [5.41, 5.74) is 1.49. The number of rotatable bonds is 3. The number of carbonyl (C=O) groups excluding carboxylic acids is 2. The van der Waals surface area contributed by atoms with Gasteiger partial charge in [-0.25, -0.2) is 4.98 Å². The highest BCUT2D eigenvalue weighted by Crippen LogP contribution is 2.25. The summed E-state index contributed by atoms with van der Waals surface area (Å²) in [7, 11) is 0. The minimum atomic E-state index is -0.412. The summed E-state index contributed by atoms with van der Waals surface area (Å²) in [5.74, 6) is -0.209. The van der Waals surface area contributed by atoms with Crippen LogP contribution in [0.2, 0.25) is 0 Å². The normalized spacial score (nSPS) is 17.3. The Morgan fingerprint density at radius 3 is 2.65 bits per heavy atom. The van der Waals surface area contributed by atoms with Gasteiger partial charge in [-0.3, -0.25) is 9.59 Å². The van der Waals surface area contributed by atoms with Gasteiger partial charge in [0.2, 0.25) is 5.91 Å². The van der Waals surface area contributed by atoms with Crippen LogP contribution >= 0.6 is 11.3 Å². The van der Waals surface area contributed by atoms with Crippen molar-refractivity contribution in [2.45, 2.75) is 32.7 Å². The first-order chi connectivity index (χ1) is 11.1. The average Bonchev–Trinajstić information content (AvgIpc) is 3.14. The zero-order valence-electron chi connectivity index (χ0n) is 13.2. The summed E-state index contributed by atoms with van der Waals surface area (Å²) < 4.78 is 0. The molecule has 0 saturated carbocycles. The van der Waals surface area contributed by atoms with E-state index in [2.05, 4.69) is 10.3 Å². The van der Waals surface area contributed by atoms with Crippen LogP contribution in [0.3, 0.4) is 0 Å². The van der Waals surface area contributed by atoms with Gasteiger partial charge in [-0.2, -0.15) is 0 Å². The van der Waals surface area contributed by atoms with Gasteiger partial charge in [0.05, 0.1) is 10.7 Å². The number of aryl methyl sites for hydroxylation is 2. The van der Waals surface area contributed by atoms with Crippen LogP contribution in [0.5, 0.6) is 0 Å². The van der Waals surface area contributed by atoms with Crippen LogP contribution in [-0.4, -0.2) is 34.3 Å². The molecule has 1 N–H and O–H groups in total. The Kier molecular flexibility index (Phi) is 4.43. The monoisotopic (exact) mass is 329 g/mol. The van der Waals surface area contributed by atoms with Gasteiger partial charge in [0, 0.05) is 12.2 Å². The Morgan fingerprint density at radius 2 is 2.00 bits per heavy atom. The molecule has 0 aliphatic carbocycles. The molecule has 1 aromatic heterocycles. The molecule has 0 spiro atoms. The van der Waals surface area contributed by atoms with E-state index in [0.717, 1.165) is 22.8 Å². The third-order valence-electron chi connectivity index (χ3n) is 3.96. The molecule has 2 heterocycles. The highest BCUT2D eigenvalue weighted by Gasteiger charge is 2.35. The number of nitrogens with zero attached hydrogens (tertiary/aromatic N) is 2. The number of para-hydroxylation sites is 1. The highest BCUT2D eigenvalue weighted by molar-refractivity contribution is 7.13. The molecule has 1 atom stereocenters. The predicted octanol–water partition coefficient (Wildman–Crippen LogP) is 3.00. The van der Waals surface area contributed by atoms with Crippen molar-refractivity contribution in [2.24, 2.45) is 0 Å². The molecule has 2 amide bonds. The SMILES string of the molecule is Cc1nc(C)c(C(=O)N2CCC[C@H]2C(=O)Nc2ccccc2)s1. The van der Waals surface area contributed by atoms with Crippen molar-refractivity contribution in [1.29, 1.82) is 0 Å². The number of amides is 2. The maximum atomic E-state index is 12.8. The average molecular weight is 329 g/mol. The number of nitrogens with one attached hydrogen (secondary N) is 1. The number of likely N-dealkylation sites (tertiary alicyclic amines) is 1. The summed E-state index contributed by atoms with van der Waals surface area (Å²) in [5, 5.41) is 3.77. The van der Waals surface area contributed by atoms with Gasteiger partial charge in [-0.05, 0) is 38.8 Å². The Hall–Kier alpha value is -2.21. The Labute approximate surface area is 139 Å². The summed E-state index contributed by atoms with van der Waals surface area (Å²) in [6.45, 7) is 4.34. The lowest BCUT2D eigenvalue weighted by molar-refractivity contribution is -0.119. The van der Waals surface area contributed by atoms with Gasteiger partial charge in [0.1, 0.15) is 10.9 Å². The number of aromatic nitrogens is 1. The first kappa shape index (κ1) is 15.7. The standard InChI is InChI=1S/C17H19N3O2S/c1-11-15(23-12(2)18-11)17(22)20-10-6-9-14(20)16(21)19-13-7-4-3-5-8-13/h3-5,7-8,14H,6,9-10H2,1-2H3,(H,19,21)/t14-/m0/s1. The number of carbonyl (C=O) groups is 2. The van der Waals surface area contributed by atoms with E-state index in [9.17, 15) is 9.59 Å². The van der Waals surface area contributed by atoms with Crippen LogP contribution in [0.25, 0.3) is 0 Å². The number of anilines is 1.